The van der Waals surface area contributed by atoms with Crippen molar-refractivity contribution in [3.63, 3.8) is 0 Å². The van der Waals surface area contributed by atoms with E-state index in [0.29, 0.717) is 12.4 Å². The van der Waals surface area contributed by atoms with E-state index in [0.717, 1.165) is 4.47 Å². The number of nitrogens with one attached hydrogen (secondary N) is 1. The predicted octanol–water partition coefficient (Wildman–Crippen LogP) is 2.31. The molecule has 6 heteroatoms. The summed E-state index contributed by atoms with van der Waals surface area (Å²) in [6, 6.07) is 4.64. The molecule has 0 fully saturated rings. The van der Waals surface area contributed by atoms with Crippen molar-refractivity contribution in [3.05, 3.63) is 35.3 Å². The van der Waals surface area contributed by atoms with E-state index < -0.39 is 10.0 Å². The van der Waals surface area contributed by atoms with Crippen LogP contribution in [0.4, 0.5) is 0 Å². The fraction of sp³-hybridized carbons (Fsp3) is 0.273. The van der Waals surface area contributed by atoms with Gasteiger partial charge in [-0.1, -0.05) is 6.08 Å². The first-order valence-electron chi connectivity index (χ1n) is 5.04. The van der Waals surface area contributed by atoms with Gasteiger partial charge in [-0.2, -0.15) is 0 Å². The van der Waals surface area contributed by atoms with Crippen LogP contribution in [-0.4, -0.2) is 21.6 Å². The van der Waals surface area contributed by atoms with Crippen molar-refractivity contribution in [1.82, 2.24) is 4.72 Å². The van der Waals surface area contributed by atoms with Crippen molar-refractivity contribution < 1.29 is 13.2 Å². The van der Waals surface area contributed by atoms with Crippen molar-refractivity contribution in [2.24, 2.45) is 0 Å². The predicted molar refractivity (Wildman–Crippen MR) is 70.7 cm³/mol. The van der Waals surface area contributed by atoms with Crippen molar-refractivity contribution in [3.8, 4) is 5.75 Å². The molecule has 0 spiro atoms. The highest BCUT2D eigenvalue weighted by molar-refractivity contribution is 9.10. The molecule has 0 bridgehead atoms. The van der Waals surface area contributed by atoms with Gasteiger partial charge >= 0.3 is 0 Å². The summed E-state index contributed by atoms with van der Waals surface area (Å²) in [5.74, 6) is 0.508. The van der Waals surface area contributed by atoms with Crippen molar-refractivity contribution in [1.29, 1.82) is 0 Å². The molecule has 1 aromatic carbocycles. The monoisotopic (exact) mass is 319 g/mol. The SMILES string of the molecule is C=CCNS(=O)(=O)c1ccc(Br)c(OCC)c1. The normalized spacial score (nSPS) is 11.2. The molecule has 94 valence electrons. The van der Waals surface area contributed by atoms with Crippen LogP contribution in [-0.2, 0) is 10.0 Å². The molecule has 1 N–H and O–H groups in total. The van der Waals surface area contributed by atoms with E-state index >= 15 is 0 Å². The molecule has 0 aliphatic heterocycles. The first-order valence-corrected chi connectivity index (χ1v) is 7.31. The number of sulfonamides is 1. The van der Waals surface area contributed by atoms with Crippen molar-refractivity contribution in [2.75, 3.05) is 13.2 Å². The maximum atomic E-state index is 11.8. The van der Waals surface area contributed by atoms with Gasteiger partial charge in [-0.3, -0.25) is 0 Å². The average molecular weight is 320 g/mol. The van der Waals surface area contributed by atoms with Crippen molar-refractivity contribution >= 4 is 26.0 Å². The van der Waals surface area contributed by atoms with E-state index in [1.165, 1.54) is 18.2 Å². The topological polar surface area (TPSA) is 55.4 Å². The minimum atomic E-state index is -3.50. The molecule has 0 radical (unpaired) electrons. The molecule has 0 saturated heterocycles. The molecule has 0 atom stereocenters. The largest absolute Gasteiger partial charge is 0.493 e. The molecule has 0 amide bonds. The Morgan fingerprint density at radius 3 is 2.82 bits per heavy atom. The zero-order valence-electron chi connectivity index (χ0n) is 9.44. The minimum absolute atomic E-state index is 0.172. The summed E-state index contributed by atoms with van der Waals surface area (Å²) in [4.78, 5) is 0.172. The molecular weight excluding hydrogens is 306 g/mol. The summed E-state index contributed by atoms with van der Waals surface area (Å²) in [7, 11) is -3.50. The van der Waals surface area contributed by atoms with Gasteiger partial charge in [-0.25, -0.2) is 13.1 Å². The van der Waals surface area contributed by atoms with E-state index in [1.54, 1.807) is 6.07 Å². The maximum Gasteiger partial charge on any atom is 0.240 e. The third-order valence-corrected chi connectivity index (χ3v) is 4.01. The van der Waals surface area contributed by atoms with Crippen LogP contribution in [0, 0.1) is 0 Å². The molecule has 0 heterocycles. The number of halogens is 1. The Morgan fingerprint density at radius 1 is 1.53 bits per heavy atom. The molecule has 17 heavy (non-hydrogen) atoms. The standard InChI is InChI=1S/C11H14BrNO3S/c1-3-7-13-17(14,15)9-5-6-10(12)11(8-9)16-4-2/h3,5-6,8,13H,1,4,7H2,2H3. The molecule has 0 aliphatic rings. The first-order chi connectivity index (χ1) is 8.01. The van der Waals surface area contributed by atoms with Crippen molar-refractivity contribution in [2.45, 2.75) is 11.8 Å². The van der Waals surface area contributed by atoms with Crippen LogP contribution in [0.3, 0.4) is 0 Å². The molecule has 1 rings (SSSR count). The average Bonchev–Trinajstić information content (AvgIpc) is 2.29. The Morgan fingerprint density at radius 2 is 2.24 bits per heavy atom. The third kappa shape index (κ3) is 3.83. The van der Waals surface area contributed by atoms with Gasteiger partial charge in [0, 0.05) is 12.6 Å². The number of rotatable bonds is 6. The summed E-state index contributed by atoms with van der Waals surface area (Å²) >= 11 is 3.29. The van der Waals surface area contributed by atoms with Crippen LogP contribution in [0.15, 0.2) is 40.2 Å². The third-order valence-electron chi connectivity index (χ3n) is 1.93. The van der Waals surface area contributed by atoms with Crippen LogP contribution < -0.4 is 9.46 Å². The van der Waals surface area contributed by atoms with Gasteiger partial charge in [0.05, 0.1) is 16.0 Å². The lowest BCUT2D eigenvalue weighted by molar-refractivity contribution is 0.337. The molecule has 0 unspecified atom stereocenters. The minimum Gasteiger partial charge on any atom is -0.493 e. The highest BCUT2D eigenvalue weighted by atomic mass is 79.9. The highest BCUT2D eigenvalue weighted by Crippen LogP contribution is 2.27. The summed E-state index contributed by atoms with van der Waals surface area (Å²) in [5.41, 5.74) is 0. The van der Waals surface area contributed by atoms with Gasteiger partial charge < -0.3 is 4.74 Å². The quantitative estimate of drug-likeness (QED) is 0.819. The van der Waals surface area contributed by atoms with Crippen LogP contribution in [0.5, 0.6) is 5.75 Å². The number of ether oxygens (including phenoxy) is 1. The zero-order chi connectivity index (χ0) is 12.9. The van der Waals surface area contributed by atoms with E-state index in [4.69, 9.17) is 4.74 Å². The van der Waals surface area contributed by atoms with Gasteiger partial charge in [0.25, 0.3) is 0 Å². The number of hydrogen-bond donors (Lipinski definition) is 1. The summed E-state index contributed by atoms with van der Waals surface area (Å²) in [6.07, 6.45) is 1.49. The van der Waals surface area contributed by atoms with Crippen LogP contribution in [0.25, 0.3) is 0 Å². The lowest BCUT2D eigenvalue weighted by Crippen LogP contribution is -2.23. The van der Waals surface area contributed by atoms with E-state index in [-0.39, 0.29) is 11.4 Å². The number of benzene rings is 1. The summed E-state index contributed by atoms with van der Waals surface area (Å²) in [6.45, 7) is 5.97. The van der Waals surface area contributed by atoms with Crippen LogP contribution in [0.1, 0.15) is 6.92 Å². The first kappa shape index (κ1) is 14.2. The Balaban J connectivity index is 3.06. The Kier molecular flexibility index (Phi) is 5.17. The lowest BCUT2D eigenvalue weighted by Gasteiger charge is -2.09. The van der Waals surface area contributed by atoms with E-state index in [9.17, 15) is 8.42 Å². The molecule has 0 aliphatic carbocycles. The smallest absolute Gasteiger partial charge is 0.240 e. The summed E-state index contributed by atoms with van der Waals surface area (Å²) in [5, 5.41) is 0. The highest BCUT2D eigenvalue weighted by Gasteiger charge is 2.14. The second kappa shape index (κ2) is 6.18. The number of hydrogen-bond acceptors (Lipinski definition) is 3. The molecule has 0 aromatic heterocycles. The Bertz CT molecular complexity index is 499. The van der Waals surface area contributed by atoms with Gasteiger partial charge in [-0.15, -0.1) is 6.58 Å². The maximum absolute atomic E-state index is 11.8. The zero-order valence-corrected chi connectivity index (χ0v) is 11.8. The molecule has 1 aromatic rings. The van der Waals surface area contributed by atoms with Gasteiger partial charge in [0.2, 0.25) is 10.0 Å². The Labute approximate surface area is 110 Å². The van der Waals surface area contributed by atoms with E-state index in [2.05, 4.69) is 27.2 Å². The molecular formula is C11H14BrNO3S. The van der Waals surface area contributed by atoms with Crippen LogP contribution in [0.2, 0.25) is 0 Å². The summed E-state index contributed by atoms with van der Waals surface area (Å²) < 4.78 is 32.1. The van der Waals surface area contributed by atoms with Crippen LogP contribution >= 0.6 is 15.9 Å². The van der Waals surface area contributed by atoms with Gasteiger partial charge in [-0.05, 0) is 35.0 Å². The molecule has 0 saturated carbocycles. The second-order valence-corrected chi connectivity index (χ2v) is 5.79. The fourth-order valence-corrected chi connectivity index (χ4v) is 2.54. The Hall–Kier alpha value is -0.850. The van der Waals surface area contributed by atoms with E-state index in [1.807, 2.05) is 6.92 Å². The second-order valence-electron chi connectivity index (χ2n) is 3.17. The molecule has 4 nitrogen and oxygen atoms in total. The lowest BCUT2D eigenvalue weighted by atomic mass is 10.3. The fourth-order valence-electron chi connectivity index (χ4n) is 1.17. The van der Waals surface area contributed by atoms with Gasteiger partial charge in [0.1, 0.15) is 5.75 Å². The van der Waals surface area contributed by atoms with Gasteiger partial charge in [0.15, 0.2) is 0 Å².